The summed E-state index contributed by atoms with van der Waals surface area (Å²) < 4.78 is 5.45. The fourth-order valence-electron chi connectivity index (χ4n) is 4.15. The third-order valence-corrected chi connectivity index (χ3v) is 5.98. The van der Waals surface area contributed by atoms with E-state index in [2.05, 4.69) is 27.2 Å². The van der Waals surface area contributed by atoms with Gasteiger partial charge in [0.15, 0.2) is 5.96 Å². The first kappa shape index (κ1) is 24.6. The van der Waals surface area contributed by atoms with Crippen molar-refractivity contribution >= 4 is 35.8 Å². The van der Waals surface area contributed by atoms with Crippen LogP contribution in [0.25, 0.3) is 0 Å². The Labute approximate surface area is 207 Å². The topological polar surface area (TPSA) is 64.3 Å². The number of piperazine rings is 1. The number of aliphatic imine (C=N–C) groups is 1. The molecule has 1 aromatic heterocycles. The zero-order chi connectivity index (χ0) is 21.3. The molecular formula is C24H34IN5O2. The van der Waals surface area contributed by atoms with Crippen molar-refractivity contribution in [2.24, 2.45) is 4.99 Å². The van der Waals surface area contributed by atoms with E-state index in [-0.39, 0.29) is 29.9 Å². The van der Waals surface area contributed by atoms with Gasteiger partial charge in [-0.15, -0.1) is 24.0 Å². The van der Waals surface area contributed by atoms with E-state index in [9.17, 15) is 4.79 Å². The number of nitrogens with one attached hydrogen (secondary N) is 1. The van der Waals surface area contributed by atoms with E-state index in [0.29, 0.717) is 13.1 Å². The number of benzene rings is 1. The first-order valence-corrected chi connectivity index (χ1v) is 11.4. The Morgan fingerprint density at radius 2 is 1.69 bits per heavy atom. The highest BCUT2D eigenvalue weighted by Crippen LogP contribution is 2.10. The molecule has 4 rings (SSSR count). The molecule has 2 aromatic rings. The van der Waals surface area contributed by atoms with Crippen molar-refractivity contribution in [2.75, 3.05) is 52.4 Å². The zero-order valence-electron chi connectivity index (χ0n) is 18.6. The second-order valence-electron chi connectivity index (χ2n) is 8.23. The maximum absolute atomic E-state index is 12.5. The molecule has 2 aliphatic heterocycles. The van der Waals surface area contributed by atoms with E-state index in [4.69, 9.17) is 9.41 Å². The number of likely N-dealkylation sites (tertiary alicyclic amines) is 1. The maximum atomic E-state index is 12.5. The average molecular weight is 551 g/mol. The third kappa shape index (κ3) is 7.23. The van der Waals surface area contributed by atoms with Gasteiger partial charge in [-0.25, -0.2) is 4.99 Å². The lowest BCUT2D eigenvalue weighted by Crippen LogP contribution is -2.54. The molecule has 8 heteroatoms. The summed E-state index contributed by atoms with van der Waals surface area (Å²) in [7, 11) is 0. The van der Waals surface area contributed by atoms with E-state index < -0.39 is 0 Å². The molecule has 0 spiro atoms. The molecular weight excluding hydrogens is 517 g/mol. The van der Waals surface area contributed by atoms with E-state index in [0.717, 1.165) is 76.8 Å². The highest BCUT2D eigenvalue weighted by Gasteiger charge is 2.24. The SMILES string of the molecule is I.O=C(CN1CCN(C(=NCc2ccccc2)NCCc2ccco2)CC1)N1CCCC1. The van der Waals surface area contributed by atoms with Crippen molar-refractivity contribution in [1.82, 2.24) is 20.0 Å². The van der Waals surface area contributed by atoms with Gasteiger partial charge in [-0.1, -0.05) is 30.3 Å². The fourth-order valence-corrected chi connectivity index (χ4v) is 4.15. The number of guanidine groups is 1. The molecule has 3 heterocycles. The molecule has 2 fully saturated rings. The average Bonchev–Trinajstić information content (AvgIpc) is 3.52. The highest BCUT2D eigenvalue weighted by molar-refractivity contribution is 14.0. The van der Waals surface area contributed by atoms with Crippen LogP contribution in [0.3, 0.4) is 0 Å². The predicted octanol–water partition coefficient (Wildman–Crippen LogP) is 2.83. The Bertz CT molecular complexity index is 829. The number of hydrogen-bond donors (Lipinski definition) is 1. The number of carbonyl (C=O) groups is 1. The molecule has 0 radical (unpaired) electrons. The van der Waals surface area contributed by atoms with Crippen LogP contribution in [-0.4, -0.2) is 78.9 Å². The van der Waals surface area contributed by atoms with Gasteiger partial charge in [0, 0.05) is 52.2 Å². The van der Waals surface area contributed by atoms with Gasteiger partial charge in [0.05, 0.1) is 19.4 Å². The molecule has 2 saturated heterocycles. The second kappa shape index (κ2) is 12.8. The van der Waals surface area contributed by atoms with Crippen molar-refractivity contribution in [3.63, 3.8) is 0 Å². The number of rotatable bonds is 7. The van der Waals surface area contributed by atoms with E-state index in [1.54, 1.807) is 6.26 Å². The molecule has 0 aliphatic carbocycles. The molecule has 1 aromatic carbocycles. The van der Waals surface area contributed by atoms with Crippen LogP contribution < -0.4 is 5.32 Å². The maximum Gasteiger partial charge on any atom is 0.236 e. The normalized spacial score (nSPS) is 17.3. The van der Waals surface area contributed by atoms with E-state index >= 15 is 0 Å². The van der Waals surface area contributed by atoms with Crippen LogP contribution in [0, 0.1) is 0 Å². The lowest BCUT2D eigenvalue weighted by molar-refractivity contribution is -0.131. The zero-order valence-corrected chi connectivity index (χ0v) is 20.9. The Morgan fingerprint density at radius 3 is 2.38 bits per heavy atom. The Kier molecular flexibility index (Phi) is 9.86. The van der Waals surface area contributed by atoms with Crippen LogP contribution in [-0.2, 0) is 17.8 Å². The molecule has 7 nitrogen and oxygen atoms in total. The van der Waals surface area contributed by atoms with Gasteiger partial charge in [0.1, 0.15) is 5.76 Å². The number of nitrogens with zero attached hydrogens (tertiary/aromatic N) is 4. The summed E-state index contributed by atoms with van der Waals surface area (Å²) in [6.07, 6.45) is 4.82. The van der Waals surface area contributed by atoms with Gasteiger partial charge in [0.25, 0.3) is 0 Å². The van der Waals surface area contributed by atoms with Gasteiger partial charge >= 0.3 is 0 Å². The first-order valence-electron chi connectivity index (χ1n) is 11.4. The quantitative estimate of drug-likeness (QED) is 0.326. The van der Waals surface area contributed by atoms with Crippen LogP contribution in [0.1, 0.15) is 24.2 Å². The summed E-state index contributed by atoms with van der Waals surface area (Å²) in [5, 5.41) is 3.52. The Morgan fingerprint density at radius 1 is 0.938 bits per heavy atom. The number of hydrogen-bond acceptors (Lipinski definition) is 4. The van der Waals surface area contributed by atoms with Crippen molar-refractivity contribution < 1.29 is 9.21 Å². The summed E-state index contributed by atoms with van der Waals surface area (Å²) >= 11 is 0. The van der Waals surface area contributed by atoms with Crippen molar-refractivity contribution in [3.05, 3.63) is 60.1 Å². The highest BCUT2D eigenvalue weighted by atomic mass is 127. The predicted molar refractivity (Wildman–Crippen MR) is 137 cm³/mol. The minimum absolute atomic E-state index is 0. The van der Waals surface area contributed by atoms with E-state index in [1.807, 2.05) is 35.2 Å². The Hall–Kier alpha value is -2.07. The number of carbonyl (C=O) groups excluding carboxylic acids is 1. The largest absolute Gasteiger partial charge is 0.469 e. The van der Waals surface area contributed by atoms with Gasteiger partial charge in [0.2, 0.25) is 5.91 Å². The van der Waals surface area contributed by atoms with Gasteiger partial charge in [-0.3, -0.25) is 9.69 Å². The summed E-state index contributed by atoms with van der Waals surface area (Å²) in [6, 6.07) is 14.2. The lowest BCUT2D eigenvalue weighted by atomic mass is 10.2. The molecule has 174 valence electrons. The Balaban J connectivity index is 0.00000289. The number of amides is 1. The summed E-state index contributed by atoms with van der Waals surface area (Å²) in [5.41, 5.74) is 1.20. The van der Waals surface area contributed by atoms with Crippen LogP contribution >= 0.6 is 24.0 Å². The van der Waals surface area contributed by atoms with Crippen LogP contribution in [0.2, 0.25) is 0 Å². The van der Waals surface area contributed by atoms with E-state index in [1.165, 1.54) is 5.56 Å². The number of halogens is 1. The lowest BCUT2D eigenvalue weighted by Gasteiger charge is -2.36. The summed E-state index contributed by atoms with van der Waals surface area (Å²) in [5.74, 6) is 2.18. The smallest absolute Gasteiger partial charge is 0.236 e. The molecule has 2 aliphatic rings. The first-order chi connectivity index (χ1) is 15.3. The molecule has 0 saturated carbocycles. The van der Waals surface area contributed by atoms with Crippen LogP contribution in [0.4, 0.5) is 0 Å². The third-order valence-electron chi connectivity index (χ3n) is 5.98. The molecule has 1 amide bonds. The van der Waals surface area contributed by atoms with Crippen LogP contribution in [0.15, 0.2) is 58.1 Å². The van der Waals surface area contributed by atoms with Crippen molar-refractivity contribution in [3.8, 4) is 0 Å². The fraction of sp³-hybridized carbons (Fsp3) is 0.500. The second-order valence-corrected chi connectivity index (χ2v) is 8.23. The molecule has 0 bridgehead atoms. The minimum atomic E-state index is 0. The summed E-state index contributed by atoms with van der Waals surface area (Å²) in [6.45, 7) is 7.31. The standard InChI is InChI=1S/C24H33N5O2.HI/c30-23(28-12-4-5-13-28)20-27-14-16-29(17-15-27)24(25-11-10-22-9-6-18-31-22)26-19-21-7-2-1-3-8-21;/h1-3,6-9,18H,4-5,10-17,19-20H2,(H,25,26);1H. The van der Waals surface area contributed by atoms with Gasteiger partial charge < -0.3 is 19.5 Å². The van der Waals surface area contributed by atoms with Gasteiger partial charge in [-0.2, -0.15) is 0 Å². The molecule has 32 heavy (non-hydrogen) atoms. The van der Waals surface area contributed by atoms with Crippen molar-refractivity contribution in [1.29, 1.82) is 0 Å². The molecule has 0 atom stereocenters. The van der Waals surface area contributed by atoms with Crippen molar-refractivity contribution in [2.45, 2.75) is 25.8 Å². The molecule has 0 unspecified atom stereocenters. The van der Waals surface area contributed by atoms with Crippen LogP contribution in [0.5, 0.6) is 0 Å². The monoisotopic (exact) mass is 551 g/mol. The molecule has 1 N–H and O–H groups in total. The van der Waals surface area contributed by atoms with Gasteiger partial charge in [-0.05, 0) is 30.5 Å². The number of furan rings is 1. The minimum Gasteiger partial charge on any atom is -0.469 e. The summed E-state index contributed by atoms with van der Waals surface area (Å²) in [4.78, 5) is 23.9.